The maximum absolute atomic E-state index is 4.14. The van der Waals surface area contributed by atoms with Gasteiger partial charge >= 0.3 is 0 Å². The summed E-state index contributed by atoms with van der Waals surface area (Å²) in [6, 6.07) is 12.3. The molecule has 2 rings (SSSR count). The summed E-state index contributed by atoms with van der Waals surface area (Å²) in [7, 11) is 0. The Bertz CT molecular complexity index is 424. The maximum atomic E-state index is 4.14. The van der Waals surface area contributed by atoms with Crippen molar-refractivity contribution in [2.24, 2.45) is 0 Å². The summed E-state index contributed by atoms with van der Waals surface area (Å²) in [6.07, 6.45) is 3.94. The summed E-state index contributed by atoms with van der Waals surface area (Å²) in [5, 5.41) is 8.05. The van der Waals surface area contributed by atoms with Gasteiger partial charge in [-0.25, -0.2) is 0 Å². The minimum Gasteiger partial charge on any atom is -0.159 e. The molecule has 2 heteroatoms. The highest BCUT2D eigenvalue weighted by Gasteiger charge is 2.04. The smallest absolute Gasteiger partial charge is 0.0932 e. The molecule has 0 atom stereocenters. The molecule has 0 fully saturated rings. The topological polar surface area (TPSA) is 25.8 Å². The summed E-state index contributed by atoms with van der Waals surface area (Å²) in [5.74, 6) is 0. The van der Waals surface area contributed by atoms with Crippen LogP contribution < -0.4 is 0 Å². The van der Waals surface area contributed by atoms with Gasteiger partial charge in [0.05, 0.1) is 5.69 Å². The number of aromatic nitrogens is 2. The zero-order valence-electron chi connectivity index (χ0n) is 8.85. The maximum Gasteiger partial charge on any atom is 0.0932 e. The molecule has 0 saturated heterocycles. The number of nitrogens with zero attached hydrogens (tertiary/aromatic N) is 2. The van der Waals surface area contributed by atoms with Gasteiger partial charge in [-0.3, -0.25) is 0 Å². The van der Waals surface area contributed by atoms with E-state index in [1.54, 1.807) is 6.20 Å². The molecule has 0 unspecified atom stereocenters. The summed E-state index contributed by atoms with van der Waals surface area (Å²) in [5.41, 5.74) is 3.51. The highest BCUT2D eigenvalue weighted by atomic mass is 15.1. The molecule has 2 nitrogen and oxygen atoms in total. The van der Waals surface area contributed by atoms with Crippen LogP contribution in [-0.2, 0) is 6.42 Å². The second-order valence-corrected chi connectivity index (χ2v) is 3.52. The molecule has 1 heterocycles. The first-order valence-corrected chi connectivity index (χ1v) is 5.28. The third-order valence-corrected chi connectivity index (χ3v) is 2.38. The van der Waals surface area contributed by atoms with Gasteiger partial charge in [-0.15, -0.1) is 0 Å². The van der Waals surface area contributed by atoms with Crippen LogP contribution in [0, 0.1) is 0 Å². The monoisotopic (exact) mass is 198 g/mol. The molecule has 0 amide bonds. The molecule has 0 N–H and O–H groups in total. The number of aryl methyl sites for hydroxylation is 1. The first-order valence-electron chi connectivity index (χ1n) is 5.28. The van der Waals surface area contributed by atoms with Gasteiger partial charge in [0.2, 0.25) is 0 Å². The number of hydrogen-bond donors (Lipinski definition) is 0. The Hall–Kier alpha value is -1.70. The van der Waals surface area contributed by atoms with Gasteiger partial charge in [-0.2, -0.15) is 10.2 Å². The molecule has 0 saturated carbocycles. The molecule has 0 aliphatic heterocycles. The van der Waals surface area contributed by atoms with Crippen molar-refractivity contribution in [3.63, 3.8) is 0 Å². The predicted molar refractivity (Wildman–Crippen MR) is 61.5 cm³/mol. The Morgan fingerprint density at radius 1 is 1.07 bits per heavy atom. The van der Waals surface area contributed by atoms with E-state index < -0.39 is 0 Å². The third-order valence-electron chi connectivity index (χ3n) is 2.38. The number of hydrogen-bond acceptors (Lipinski definition) is 2. The van der Waals surface area contributed by atoms with Crippen LogP contribution in [0.25, 0.3) is 11.3 Å². The van der Waals surface area contributed by atoms with Gasteiger partial charge in [0.25, 0.3) is 0 Å². The second kappa shape index (κ2) is 4.69. The minimum atomic E-state index is 0.960. The molecule has 15 heavy (non-hydrogen) atoms. The van der Waals surface area contributed by atoms with Gasteiger partial charge in [-0.05, 0) is 24.1 Å². The highest BCUT2D eigenvalue weighted by Crippen LogP contribution is 2.21. The Kier molecular flexibility index (Phi) is 3.08. The van der Waals surface area contributed by atoms with E-state index in [1.165, 1.54) is 11.1 Å². The van der Waals surface area contributed by atoms with E-state index in [1.807, 2.05) is 18.2 Å². The van der Waals surface area contributed by atoms with Crippen LogP contribution in [0.5, 0.6) is 0 Å². The number of rotatable bonds is 3. The molecular weight excluding hydrogens is 184 g/mol. The summed E-state index contributed by atoms with van der Waals surface area (Å²) in [6.45, 7) is 2.19. The van der Waals surface area contributed by atoms with E-state index in [-0.39, 0.29) is 0 Å². The van der Waals surface area contributed by atoms with E-state index in [2.05, 4.69) is 35.3 Å². The molecular formula is C13H14N2. The van der Waals surface area contributed by atoms with E-state index in [4.69, 9.17) is 0 Å². The van der Waals surface area contributed by atoms with Crippen molar-refractivity contribution in [1.82, 2.24) is 10.2 Å². The van der Waals surface area contributed by atoms with Crippen molar-refractivity contribution in [1.29, 1.82) is 0 Å². The molecule has 0 aliphatic carbocycles. The Labute approximate surface area is 90.0 Å². The van der Waals surface area contributed by atoms with Crippen molar-refractivity contribution in [3.8, 4) is 11.3 Å². The standard InChI is InChI=1S/C13H14N2/c1-2-6-11-7-3-4-8-12(11)13-9-5-10-14-15-13/h3-5,7-10H,2,6H2,1H3. The highest BCUT2D eigenvalue weighted by molar-refractivity contribution is 5.62. The lowest BCUT2D eigenvalue weighted by atomic mass is 10.0. The lowest BCUT2D eigenvalue weighted by molar-refractivity contribution is 0.920. The zero-order valence-corrected chi connectivity index (χ0v) is 8.85. The van der Waals surface area contributed by atoms with Gasteiger partial charge in [0.1, 0.15) is 0 Å². The lowest BCUT2D eigenvalue weighted by Gasteiger charge is -2.06. The van der Waals surface area contributed by atoms with Gasteiger partial charge < -0.3 is 0 Å². The van der Waals surface area contributed by atoms with Crippen molar-refractivity contribution < 1.29 is 0 Å². The van der Waals surface area contributed by atoms with Crippen LogP contribution in [-0.4, -0.2) is 10.2 Å². The zero-order chi connectivity index (χ0) is 10.5. The predicted octanol–water partition coefficient (Wildman–Crippen LogP) is 3.10. The van der Waals surface area contributed by atoms with Gasteiger partial charge in [0.15, 0.2) is 0 Å². The van der Waals surface area contributed by atoms with Crippen molar-refractivity contribution >= 4 is 0 Å². The van der Waals surface area contributed by atoms with Crippen molar-refractivity contribution in [3.05, 3.63) is 48.2 Å². The normalized spacial score (nSPS) is 10.2. The summed E-state index contributed by atoms with van der Waals surface area (Å²) < 4.78 is 0. The van der Waals surface area contributed by atoms with E-state index >= 15 is 0 Å². The molecule has 1 aromatic carbocycles. The van der Waals surface area contributed by atoms with Gasteiger partial charge in [-0.1, -0.05) is 37.6 Å². The van der Waals surface area contributed by atoms with Gasteiger partial charge in [0, 0.05) is 11.8 Å². The van der Waals surface area contributed by atoms with Crippen LogP contribution in [0.2, 0.25) is 0 Å². The van der Waals surface area contributed by atoms with Crippen LogP contribution in [0.4, 0.5) is 0 Å². The molecule has 0 spiro atoms. The SMILES string of the molecule is CCCc1ccccc1-c1cccnn1. The fraction of sp³-hybridized carbons (Fsp3) is 0.231. The first-order chi connectivity index (χ1) is 7.42. The van der Waals surface area contributed by atoms with Crippen LogP contribution >= 0.6 is 0 Å². The van der Waals surface area contributed by atoms with Crippen molar-refractivity contribution in [2.75, 3.05) is 0 Å². The molecule has 0 aliphatic rings. The van der Waals surface area contributed by atoms with Crippen LogP contribution in [0.3, 0.4) is 0 Å². The fourth-order valence-electron chi connectivity index (χ4n) is 1.70. The third kappa shape index (κ3) is 2.21. The Balaban J connectivity index is 2.43. The first kappa shape index (κ1) is 9.84. The lowest BCUT2D eigenvalue weighted by Crippen LogP contribution is -1.92. The average molecular weight is 198 g/mol. The quantitative estimate of drug-likeness (QED) is 0.757. The van der Waals surface area contributed by atoms with E-state index in [0.29, 0.717) is 0 Å². The molecule has 2 aromatic rings. The summed E-state index contributed by atoms with van der Waals surface area (Å²) in [4.78, 5) is 0. The molecule has 1 aromatic heterocycles. The van der Waals surface area contributed by atoms with E-state index in [0.717, 1.165) is 18.5 Å². The second-order valence-electron chi connectivity index (χ2n) is 3.52. The molecule has 76 valence electrons. The largest absolute Gasteiger partial charge is 0.159 e. The van der Waals surface area contributed by atoms with Crippen LogP contribution in [0.15, 0.2) is 42.6 Å². The Morgan fingerprint density at radius 2 is 1.93 bits per heavy atom. The van der Waals surface area contributed by atoms with Crippen molar-refractivity contribution in [2.45, 2.75) is 19.8 Å². The molecule has 0 bridgehead atoms. The summed E-state index contributed by atoms with van der Waals surface area (Å²) >= 11 is 0. The minimum absolute atomic E-state index is 0.960. The average Bonchev–Trinajstić information content (AvgIpc) is 2.31. The fourth-order valence-corrected chi connectivity index (χ4v) is 1.70. The number of benzene rings is 1. The van der Waals surface area contributed by atoms with E-state index in [9.17, 15) is 0 Å². The molecule has 0 radical (unpaired) electrons. The van der Waals surface area contributed by atoms with Crippen LogP contribution in [0.1, 0.15) is 18.9 Å². The Morgan fingerprint density at radius 3 is 2.67 bits per heavy atom.